The molecule has 134 valence electrons. The molecule has 0 heterocycles. The summed E-state index contributed by atoms with van der Waals surface area (Å²) in [6.07, 6.45) is -0.896. The zero-order valence-electron chi connectivity index (χ0n) is 14.8. The van der Waals surface area contributed by atoms with Crippen LogP contribution in [0.25, 0.3) is 11.1 Å². The Morgan fingerprint density at radius 1 is 1.04 bits per heavy atom. The van der Waals surface area contributed by atoms with E-state index in [1.807, 2.05) is 36.4 Å². The van der Waals surface area contributed by atoms with Crippen LogP contribution in [-0.4, -0.2) is 30.3 Å². The number of carbonyl (C=O) groups is 2. The Labute approximate surface area is 152 Å². The Hall–Kier alpha value is -2.95. The second-order valence-corrected chi connectivity index (χ2v) is 6.47. The average molecular weight is 350 g/mol. The van der Waals surface area contributed by atoms with E-state index in [0.29, 0.717) is 0 Å². The molecule has 2 aromatic carbocycles. The Morgan fingerprint density at radius 2 is 1.58 bits per heavy atom. The van der Waals surface area contributed by atoms with Gasteiger partial charge >= 0.3 is 0 Å². The molecule has 1 aliphatic rings. The van der Waals surface area contributed by atoms with Crippen LogP contribution < -0.4 is 5.11 Å². The summed E-state index contributed by atoms with van der Waals surface area (Å²) in [5.74, 6) is -0.584. The molecule has 0 spiro atoms. The minimum atomic E-state index is -0.969. The van der Waals surface area contributed by atoms with Gasteiger partial charge in [-0.1, -0.05) is 48.5 Å². The Kier molecular flexibility index (Phi) is 5.16. The zero-order valence-corrected chi connectivity index (χ0v) is 14.8. The lowest BCUT2D eigenvalue weighted by atomic mass is 9.98. The van der Waals surface area contributed by atoms with Crippen molar-refractivity contribution in [3.63, 3.8) is 0 Å². The molecule has 1 unspecified atom stereocenters. The molecule has 1 aliphatic carbocycles. The van der Waals surface area contributed by atoms with Gasteiger partial charge in [0.15, 0.2) is 5.78 Å². The van der Waals surface area contributed by atoms with Crippen molar-refractivity contribution in [2.24, 2.45) is 4.99 Å². The summed E-state index contributed by atoms with van der Waals surface area (Å²) >= 11 is 0. The van der Waals surface area contributed by atoms with Crippen LogP contribution in [-0.2, 0) is 14.3 Å². The first-order valence-corrected chi connectivity index (χ1v) is 8.53. The summed E-state index contributed by atoms with van der Waals surface area (Å²) in [7, 11) is 0. The number of hydrogen-bond acceptors (Lipinski definition) is 5. The summed E-state index contributed by atoms with van der Waals surface area (Å²) < 4.78 is 5.33. The van der Waals surface area contributed by atoms with Gasteiger partial charge in [0, 0.05) is 18.9 Å². The maximum atomic E-state index is 12.1. The van der Waals surface area contributed by atoms with E-state index in [4.69, 9.17) is 4.74 Å². The first kappa shape index (κ1) is 17.9. The van der Waals surface area contributed by atoms with E-state index in [1.54, 1.807) is 0 Å². The van der Waals surface area contributed by atoms with E-state index in [-0.39, 0.29) is 30.5 Å². The predicted octanol–water partition coefficient (Wildman–Crippen LogP) is 2.47. The molecule has 26 heavy (non-hydrogen) atoms. The number of rotatable bonds is 6. The van der Waals surface area contributed by atoms with Crippen molar-refractivity contribution in [3.8, 4) is 11.1 Å². The van der Waals surface area contributed by atoms with E-state index >= 15 is 0 Å². The lowest BCUT2D eigenvalue weighted by Crippen LogP contribution is -2.29. The first-order chi connectivity index (χ1) is 12.5. The highest BCUT2D eigenvalue weighted by molar-refractivity contribution is 5.89. The molecule has 5 heteroatoms. The Bertz CT molecular complexity index is 826. The van der Waals surface area contributed by atoms with Crippen molar-refractivity contribution in [1.29, 1.82) is 0 Å². The molecule has 0 saturated heterocycles. The lowest BCUT2D eigenvalue weighted by Gasteiger charge is -2.22. The normalized spacial score (nSPS) is 14.5. The molecule has 0 radical (unpaired) electrons. The third kappa shape index (κ3) is 3.67. The lowest BCUT2D eigenvalue weighted by molar-refractivity contribution is -0.251. The number of fused-ring (bicyclic) bond motifs is 3. The third-order valence-corrected chi connectivity index (χ3v) is 4.55. The minimum Gasteiger partial charge on any atom is -0.599 e. The average Bonchev–Trinajstić information content (AvgIpc) is 2.93. The highest BCUT2D eigenvalue weighted by Crippen LogP contribution is 2.44. The molecule has 2 aromatic rings. The summed E-state index contributed by atoms with van der Waals surface area (Å²) in [5, 5.41) is 12.1. The van der Waals surface area contributed by atoms with Crippen molar-refractivity contribution >= 4 is 17.7 Å². The van der Waals surface area contributed by atoms with Crippen LogP contribution in [0.5, 0.6) is 0 Å². The monoisotopic (exact) mass is 350 g/mol. The fourth-order valence-corrected chi connectivity index (χ4v) is 3.31. The molecule has 0 aromatic heterocycles. The number of benzene rings is 2. The SMILES string of the molecule is CC(=O)CC(N=C([O-])OCC1c2ccccc2-c2ccccc21)C(C)=O. The van der Waals surface area contributed by atoms with Gasteiger partial charge in [-0.3, -0.25) is 14.6 Å². The quantitative estimate of drug-likeness (QED) is 0.592. The number of Topliss-reactive ketones (excluding diaryl/α,β-unsaturated/α-hetero) is 2. The number of ether oxygens (including phenoxy) is 1. The number of ketones is 2. The van der Waals surface area contributed by atoms with Crippen molar-refractivity contribution in [2.75, 3.05) is 6.61 Å². The van der Waals surface area contributed by atoms with Crippen molar-refractivity contribution in [2.45, 2.75) is 32.2 Å². The van der Waals surface area contributed by atoms with Gasteiger partial charge < -0.3 is 9.84 Å². The van der Waals surface area contributed by atoms with Crippen LogP contribution in [0.1, 0.15) is 37.3 Å². The standard InChI is InChI=1S/C21H21NO4/c1-13(23)11-20(14(2)24)22-21(25)26-12-19-17-9-5-3-7-15(17)16-8-4-6-10-18(16)19/h3-10,19-20H,11-12H2,1-2H3,(H,22,25)/p-1. The van der Waals surface area contributed by atoms with Crippen LogP contribution in [0.3, 0.4) is 0 Å². The van der Waals surface area contributed by atoms with Crippen molar-refractivity contribution in [1.82, 2.24) is 0 Å². The highest BCUT2D eigenvalue weighted by atomic mass is 16.6. The fraction of sp³-hybridized carbons (Fsp3) is 0.286. The molecular weight excluding hydrogens is 330 g/mol. The number of nitrogens with zero attached hydrogens (tertiary/aromatic N) is 1. The summed E-state index contributed by atoms with van der Waals surface area (Å²) in [6.45, 7) is 2.82. The van der Waals surface area contributed by atoms with Gasteiger partial charge in [0.1, 0.15) is 17.9 Å². The van der Waals surface area contributed by atoms with Crippen molar-refractivity contribution < 1.29 is 19.4 Å². The van der Waals surface area contributed by atoms with Crippen LogP contribution in [0.4, 0.5) is 0 Å². The number of aliphatic imine (C=N–C) groups is 1. The van der Waals surface area contributed by atoms with Crippen LogP contribution in [0.2, 0.25) is 0 Å². The van der Waals surface area contributed by atoms with Gasteiger partial charge in [0.25, 0.3) is 0 Å². The highest BCUT2D eigenvalue weighted by Gasteiger charge is 2.27. The van der Waals surface area contributed by atoms with Gasteiger partial charge in [0.2, 0.25) is 0 Å². The summed E-state index contributed by atoms with van der Waals surface area (Å²) in [5.41, 5.74) is 4.49. The predicted molar refractivity (Wildman–Crippen MR) is 96.9 cm³/mol. The van der Waals surface area contributed by atoms with Gasteiger partial charge in [-0.15, -0.1) is 0 Å². The maximum absolute atomic E-state index is 12.1. The van der Waals surface area contributed by atoms with E-state index in [2.05, 4.69) is 17.1 Å². The molecule has 0 N–H and O–H groups in total. The maximum Gasteiger partial charge on any atom is 0.154 e. The Balaban J connectivity index is 1.78. The third-order valence-electron chi connectivity index (χ3n) is 4.55. The van der Waals surface area contributed by atoms with Gasteiger partial charge in [-0.25, -0.2) is 0 Å². The molecular formula is C21H20NO4-. The van der Waals surface area contributed by atoms with Gasteiger partial charge in [-0.05, 0) is 36.1 Å². The molecule has 1 atom stereocenters. The Morgan fingerprint density at radius 3 is 2.08 bits per heavy atom. The van der Waals surface area contributed by atoms with Gasteiger partial charge in [0.05, 0.1) is 0 Å². The number of carbonyl (C=O) groups excluding carboxylic acids is 2. The van der Waals surface area contributed by atoms with Crippen LogP contribution in [0.15, 0.2) is 53.5 Å². The second-order valence-electron chi connectivity index (χ2n) is 6.47. The molecule has 3 rings (SSSR count). The molecule has 0 bridgehead atoms. The number of hydrogen-bond donors (Lipinski definition) is 0. The minimum absolute atomic E-state index is 0.0647. The molecule has 0 saturated carbocycles. The summed E-state index contributed by atoms with van der Waals surface area (Å²) in [4.78, 5) is 26.5. The van der Waals surface area contributed by atoms with E-state index < -0.39 is 12.1 Å². The summed E-state index contributed by atoms with van der Waals surface area (Å²) in [6, 6.07) is 15.1. The topological polar surface area (TPSA) is 78.8 Å². The fourth-order valence-electron chi connectivity index (χ4n) is 3.31. The van der Waals surface area contributed by atoms with Crippen molar-refractivity contribution in [3.05, 3.63) is 59.7 Å². The molecule has 0 fully saturated rings. The molecule has 0 amide bonds. The van der Waals surface area contributed by atoms with Gasteiger partial charge in [-0.2, -0.15) is 0 Å². The zero-order chi connectivity index (χ0) is 18.7. The van der Waals surface area contributed by atoms with Crippen LogP contribution in [0, 0.1) is 0 Å². The molecule has 5 nitrogen and oxygen atoms in total. The molecule has 0 aliphatic heterocycles. The smallest absolute Gasteiger partial charge is 0.154 e. The van der Waals surface area contributed by atoms with E-state index in [9.17, 15) is 14.7 Å². The second kappa shape index (κ2) is 7.52. The largest absolute Gasteiger partial charge is 0.599 e. The van der Waals surface area contributed by atoms with E-state index in [1.165, 1.54) is 13.8 Å². The first-order valence-electron chi connectivity index (χ1n) is 8.53. The van der Waals surface area contributed by atoms with Crippen LogP contribution >= 0.6 is 0 Å². The van der Waals surface area contributed by atoms with E-state index in [0.717, 1.165) is 22.3 Å².